The summed E-state index contributed by atoms with van der Waals surface area (Å²) in [6, 6.07) is 7.05. The predicted molar refractivity (Wildman–Crippen MR) is 97.3 cm³/mol. The van der Waals surface area contributed by atoms with Gasteiger partial charge in [-0.25, -0.2) is 4.68 Å². The van der Waals surface area contributed by atoms with Crippen molar-refractivity contribution >= 4 is 29.1 Å². The third kappa shape index (κ3) is 4.66. The molecule has 1 aliphatic rings. The first-order chi connectivity index (χ1) is 12.0. The maximum absolute atomic E-state index is 12.3. The molecule has 1 saturated heterocycles. The summed E-state index contributed by atoms with van der Waals surface area (Å²) in [7, 11) is 2.09. The molecule has 0 aliphatic carbocycles. The average molecular weight is 383 g/mol. The molecule has 0 atom stereocenters. The number of hydrogen-bond donors (Lipinski definition) is 1. The summed E-state index contributed by atoms with van der Waals surface area (Å²) in [5.41, 5.74) is 0.375. The fourth-order valence-electron chi connectivity index (χ4n) is 2.70. The highest BCUT2D eigenvalue weighted by atomic mass is 35.5. The Morgan fingerprint density at radius 1 is 1.32 bits per heavy atom. The van der Waals surface area contributed by atoms with E-state index in [0.29, 0.717) is 21.5 Å². The van der Waals surface area contributed by atoms with Crippen LogP contribution in [0.3, 0.4) is 0 Å². The molecule has 8 heteroatoms. The van der Waals surface area contributed by atoms with E-state index in [-0.39, 0.29) is 18.7 Å². The quantitative estimate of drug-likeness (QED) is 0.862. The molecule has 6 nitrogen and oxygen atoms in total. The van der Waals surface area contributed by atoms with Gasteiger partial charge in [-0.3, -0.25) is 4.79 Å². The van der Waals surface area contributed by atoms with Gasteiger partial charge in [-0.05, 0) is 51.2 Å². The Morgan fingerprint density at radius 3 is 2.84 bits per heavy atom. The number of amides is 1. The molecule has 2 aromatic rings. The van der Waals surface area contributed by atoms with E-state index in [9.17, 15) is 4.79 Å². The van der Waals surface area contributed by atoms with Crippen LogP contribution in [0.5, 0.6) is 5.75 Å². The summed E-state index contributed by atoms with van der Waals surface area (Å²) in [4.78, 5) is 14.6. The molecule has 3 rings (SSSR count). The van der Waals surface area contributed by atoms with Gasteiger partial charge in [-0.1, -0.05) is 29.3 Å². The van der Waals surface area contributed by atoms with E-state index >= 15 is 0 Å². The fraction of sp³-hybridized carbons (Fsp3) is 0.412. The second-order valence-corrected chi connectivity index (χ2v) is 6.90. The van der Waals surface area contributed by atoms with Gasteiger partial charge in [0.2, 0.25) is 0 Å². The largest absolute Gasteiger partial charge is 0.470 e. The Bertz CT molecular complexity index is 742. The van der Waals surface area contributed by atoms with Crippen molar-refractivity contribution in [3.05, 3.63) is 46.2 Å². The first-order valence-corrected chi connectivity index (χ1v) is 8.88. The Morgan fingerprint density at radius 2 is 2.08 bits per heavy atom. The van der Waals surface area contributed by atoms with Gasteiger partial charge in [0.05, 0.1) is 5.02 Å². The molecule has 1 aromatic heterocycles. The van der Waals surface area contributed by atoms with Gasteiger partial charge < -0.3 is 15.0 Å². The molecule has 1 aliphatic heterocycles. The molecule has 0 bridgehead atoms. The summed E-state index contributed by atoms with van der Waals surface area (Å²) in [5, 5.41) is 8.08. The average Bonchev–Trinajstić information content (AvgIpc) is 3.07. The number of benzene rings is 1. The minimum atomic E-state index is -0.158. The zero-order valence-corrected chi connectivity index (χ0v) is 15.4. The lowest BCUT2D eigenvalue weighted by Gasteiger charge is -2.29. The zero-order chi connectivity index (χ0) is 17.8. The molecule has 134 valence electrons. The minimum absolute atomic E-state index is 0.140. The highest BCUT2D eigenvalue weighted by molar-refractivity contribution is 6.42. The van der Waals surface area contributed by atoms with Crippen molar-refractivity contribution in [1.82, 2.24) is 20.0 Å². The number of carbonyl (C=O) groups excluding carboxylic acids is 1. The number of carbonyl (C=O) groups is 1. The molecule has 0 unspecified atom stereocenters. The molecule has 1 N–H and O–H groups in total. The van der Waals surface area contributed by atoms with Crippen molar-refractivity contribution in [2.24, 2.45) is 0 Å². The molecule has 25 heavy (non-hydrogen) atoms. The van der Waals surface area contributed by atoms with Crippen LogP contribution >= 0.6 is 23.2 Å². The molecule has 0 saturated carbocycles. The van der Waals surface area contributed by atoms with Crippen molar-refractivity contribution in [2.75, 3.05) is 20.1 Å². The standard InChI is InChI=1S/C17H20Cl2N4O2/c1-22-8-5-12(6-9-22)20-17(24)14-7-10-23(21-14)11-25-15-4-2-3-13(18)16(15)19/h2-4,7,10,12H,5-6,8-9,11H2,1H3,(H,20,24). The van der Waals surface area contributed by atoms with Crippen molar-refractivity contribution in [1.29, 1.82) is 0 Å². The van der Waals surface area contributed by atoms with Crippen LogP contribution in [0.1, 0.15) is 23.3 Å². The van der Waals surface area contributed by atoms with Gasteiger partial charge in [0.1, 0.15) is 16.5 Å². The number of halogens is 2. The van der Waals surface area contributed by atoms with E-state index in [2.05, 4.69) is 22.4 Å². The second kappa shape index (κ2) is 8.08. The summed E-state index contributed by atoms with van der Waals surface area (Å²) >= 11 is 12.0. The zero-order valence-electron chi connectivity index (χ0n) is 13.9. The molecule has 1 fully saturated rings. The summed E-state index contributed by atoms with van der Waals surface area (Å²) in [6.07, 6.45) is 3.61. The van der Waals surface area contributed by atoms with Gasteiger partial charge in [0, 0.05) is 12.2 Å². The van der Waals surface area contributed by atoms with Crippen molar-refractivity contribution in [3.63, 3.8) is 0 Å². The number of aromatic nitrogens is 2. The molecular formula is C17H20Cl2N4O2. The van der Waals surface area contributed by atoms with Crippen LogP contribution in [-0.2, 0) is 6.73 Å². The van der Waals surface area contributed by atoms with Crippen LogP contribution in [0.15, 0.2) is 30.5 Å². The summed E-state index contributed by atoms with van der Waals surface area (Å²) in [5.74, 6) is 0.316. The minimum Gasteiger partial charge on any atom is -0.470 e. The number of nitrogens with zero attached hydrogens (tertiary/aromatic N) is 3. The number of rotatable bonds is 5. The van der Waals surface area contributed by atoms with E-state index < -0.39 is 0 Å². The summed E-state index contributed by atoms with van der Waals surface area (Å²) in [6.45, 7) is 2.13. The van der Waals surface area contributed by atoms with Gasteiger partial charge >= 0.3 is 0 Å². The second-order valence-electron chi connectivity index (χ2n) is 6.12. The number of nitrogens with one attached hydrogen (secondary N) is 1. The number of hydrogen-bond acceptors (Lipinski definition) is 4. The monoisotopic (exact) mass is 382 g/mol. The van der Waals surface area contributed by atoms with Crippen molar-refractivity contribution in [3.8, 4) is 5.75 Å². The Labute approximate surface area is 156 Å². The van der Waals surface area contributed by atoms with Crippen molar-refractivity contribution < 1.29 is 9.53 Å². The van der Waals surface area contributed by atoms with Crippen LogP contribution in [0.2, 0.25) is 10.0 Å². The molecule has 0 spiro atoms. The van der Waals surface area contributed by atoms with Crippen LogP contribution in [0.25, 0.3) is 0 Å². The van der Waals surface area contributed by atoms with E-state index in [0.717, 1.165) is 25.9 Å². The maximum Gasteiger partial charge on any atom is 0.271 e. The van der Waals surface area contributed by atoms with Gasteiger partial charge in [-0.2, -0.15) is 5.10 Å². The Kier molecular flexibility index (Phi) is 5.83. The normalized spacial score (nSPS) is 16.0. The smallest absolute Gasteiger partial charge is 0.271 e. The maximum atomic E-state index is 12.3. The van der Waals surface area contributed by atoms with Crippen LogP contribution in [0, 0.1) is 0 Å². The Balaban J connectivity index is 1.55. The lowest BCUT2D eigenvalue weighted by molar-refractivity contribution is 0.0909. The molecule has 1 amide bonds. The van der Waals surface area contributed by atoms with Gasteiger partial charge in [-0.15, -0.1) is 0 Å². The molecule has 2 heterocycles. The third-order valence-electron chi connectivity index (χ3n) is 4.20. The van der Waals surface area contributed by atoms with E-state index in [1.807, 2.05) is 0 Å². The summed E-state index contributed by atoms with van der Waals surface area (Å²) < 4.78 is 7.15. The van der Waals surface area contributed by atoms with E-state index in [4.69, 9.17) is 27.9 Å². The molecule has 0 radical (unpaired) electrons. The lowest BCUT2D eigenvalue weighted by Crippen LogP contribution is -2.43. The van der Waals surface area contributed by atoms with E-state index in [1.165, 1.54) is 0 Å². The molecule has 1 aromatic carbocycles. The SMILES string of the molecule is CN1CCC(NC(=O)c2ccn(COc3cccc(Cl)c3Cl)n2)CC1. The highest BCUT2D eigenvalue weighted by Gasteiger charge is 2.20. The van der Waals surface area contributed by atoms with E-state index in [1.54, 1.807) is 35.1 Å². The lowest BCUT2D eigenvalue weighted by atomic mass is 10.1. The third-order valence-corrected chi connectivity index (χ3v) is 5.00. The predicted octanol–water partition coefficient (Wildman–Crippen LogP) is 3.05. The Hall–Kier alpha value is -1.76. The highest BCUT2D eigenvalue weighted by Crippen LogP contribution is 2.31. The number of likely N-dealkylation sites (tertiary alicyclic amines) is 1. The van der Waals surface area contributed by atoms with Crippen LogP contribution in [0.4, 0.5) is 0 Å². The van der Waals surface area contributed by atoms with Gasteiger partial charge in [0.25, 0.3) is 5.91 Å². The van der Waals surface area contributed by atoms with Crippen molar-refractivity contribution in [2.45, 2.75) is 25.6 Å². The van der Waals surface area contributed by atoms with Crippen LogP contribution in [-0.4, -0.2) is 46.8 Å². The van der Waals surface area contributed by atoms with Crippen LogP contribution < -0.4 is 10.1 Å². The first-order valence-electron chi connectivity index (χ1n) is 8.12. The van der Waals surface area contributed by atoms with Gasteiger partial charge in [0.15, 0.2) is 6.73 Å². The molecular weight excluding hydrogens is 363 g/mol. The number of piperidine rings is 1. The topological polar surface area (TPSA) is 59.4 Å². The first kappa shape index (κ1) is 18.0. The fourth-order valence-corrected chi connectivity index (χ4v) is 3.04. The number of ether oxygens (including phenoxy) is 1.